The molecule has 62 valence electrons. The first-order chi connectivity index (χ1) is 4.93. The highest BCUT2D eigenvalue weighted by atomic mass is 79.9. The molecule has 0 saturated carbocycles. The van der Waals surface area contributed by atoms with E-state index in [1.54, 1.807) is 14.1 Å². The average molecular weight is 239 g/mol. The maximum absolute atomic E-state index is 11.1. The van der Waals surface area contributed by atoms with Crippen molar-refractivity contribution in [2.24, 2.45) is 4.99 Å². The molecule has 0 radical (unpaired) electrons. The summed E-state index contributed by atoms with van der Waals surface area (Å²) in [5.74, 6) is 0. The van der Waals surface area contributed by atoms with E-state index in [4.69, 9.17) is 0 Å². The first-order valence-corrected chi connectivity index (χ1v) is 5.16. The molecular formula is C5H7BrN2O2S. The van der Waals surface area contributed by atoms with E-state index in [9.17, 15) is 8.42 Å². The maximum Gasteiger partial charge on any atom is 0.235 e. The Balaban J connectivity index is 3.15. The number of hydrogen-bond acceptors (Lipinski definition) is 4. The van der Waals surface area contributed by atoms with Crippen molar-refractivity contribution >= 4 is 30.9 Å². The lowest BCUT2D eigenvalue weighted by Gasteiger charge is -2.09. The van der Waals surface area contributed by atoms with E-state index >= 15 is 0 Å². The molecular weight excluding hydrogens is 232 g/mol. The highest BCUT2D eigenvalue weighted by Crippen LogP contribution is 2.19. The van der Waals surface area contributed by atoms with Gasteiger partial charge in [-0.1, -0.05) is 0 Å². The predicted octanol–water partition coefficient (Wildman–Crippen LogP) is 0.526. The Morgan fingerprint density at radius 3 is 2.27 bits per heavy atom. The van der Waals surface area contributed by atoms with Crippen LogP contribution >= 0.6 is 15.9 Å². The summed E-state index contributed by atoms with van der Waals surface area (Å²) in [6.07, 6.45) is 0. The van der Waals surface area contributed by atoms with E-state index in [-0.39, 0.29) is 5.17 Å². The molecule has 0 unspecified atom stereocenters. The molecule has 1 heterocycles. The van der Waals surface area contributed by atoms with Gasteiger partial charge in [-0.2, -0.15) is 0 Å². The Bertz CT molecular complexity index is 328. The first-order valence-electron chi connectivity index (χ1n) is 2.82. The molecule has 0 spiro atoms. The lowest BCUT2D eigenvalue weighted by molar-refractivity contribution is 0.594. The highest BCUT2D eigenvalue weighted by Gasteiger charge is 2.25. The van der Waals surface area contributed by atoms with Gasteiger partial charge in [-0.3, -0.25) is 0 Å². The summed E-state index contributed by atoms with van der Waals surface area (Å²) < 4.78 is 22.6. The van der Waals surface area contributed by atoms with Gasteiger partial charge in [0.05, 0.1) is 5.41 Å². The van der Waals surface area contributed by atoms with Crippen LogP contribution in [0.2, 0.25) is 0 Å². The second-order valence-electron chi connectivity index (χ2n) is 2.27. The van der Waals surface area contributed by atoms with Crippen molar-refractivity contribution in [2.45, 2.75) is 0 Å². The van der Waals surface area contributed by atoms with Crippen molar-refractivity contribution in [3.63, 3.8) is 0 Å². The van der Waals surface area contributed by atoms with Gasteiger partial charge in [-0.15, -0.1) is 0 Å². The van der Waals surface area contributed by atoms with Crippen LogP contribution in [-0.4, -0.2) is 32.6 Å². The van der Waals surface area contributed by atoms with E-state index in [2.05, 4.69) is 20.9 Å². The van der Waals surface area contributed by atoms with Crippen LogP contribution in [0, 0.1) is 0 Å². The van der Waals surface area contributed by atoms with E-state index in [0.717, 1.165) is 5.41 Å². The molecule has 1 rings (SSSR count). The number of halogens is 1. The Kier molecular flexibility index (Phi) is 2.06. The van der Waals surface area contributed by atoms with E-state index < -0.39 is 9.84 Å². The summed E-state index contributed by atoms with van der Waals surface area (Å²) >= 11 is 2.99. The molecule has 0 aliphatic carbocycles. The van der Waals surface area contributed by atoms with E-state index in [1.807, 2.05) is 0 Å². The quantitative estimate of drug-likeness (QED) is 0.579. The number of rotatable bonds is 0. The van der Waals surface area contributed by atoms with Crippen LogP contribution in [0.25, 0.3) is 0 Å². The van der Waals surface area contributed by atoms with Crippen molar-refractivity contribution in [3.05, 3.63) is 10.0 Å². The number of hydrogen-bond donors (Lipinski definition) is 0. The fourth-order valence-electron chi connectivity index (χ4n) is 0.717. The van der Waals surface area contributed by atoms with Gasteiger partial charge in [0, 0.05) is 14.1 Å². The Hall–Kier alpha value is -0.360. The number of nitrogens with zero attached hydrogens (tertiary/aromatic N) is 2. The third-order valence-corrected chi connectivity index (χ3v) is 3.30. The summed E-state index contributed by atoms with van der Waals surface area (Å²) in [5, 5.41) is 1.16. The summed E-state index contributed by atoms with van der Waals surface area (Å²) in [6.45, 7) is 0. The zero-order valence-electron chi connectivity index (χ0n) is 6.07. The van der Waals surface area contributed by atoms with E-state index in [0.29, 0.717) is 4.61 Å². The molecule has 1 aliphatic rings. The van der Waals surface area contributed by atoms with Gasteiger partial charge < -0.3 is 4.90 Å². The summed E-state index contributed by atoms with van der Waals surface area (Å²) in [6, 6.07) is 0. The zero-order valence-corrected chi connectivity index (χ0v) is 8.48. The predicted molar refractivity (Wildman–Crippen MR) is 47.1 cm³/mol. The molecule has 0 N–H and O–H groups in total. The van der Waals surface area contributed by atoms with Crippen LogP contribution in [0.4, 0.5) is 0 Å². The van der Waals surface area contributed by atoms with Crippen LogP contribution in [0.3, 0.4) is 0 Å². The van der Waals surface area contributed by atoms with Gasteiger partial charge in [0.2, 0.25) is 15.0 Å². The zero-order chi connectivity index (χ0) is 8.65. The monoisotopic (exact) mass is 238 g/mol. The fraction of sp³-hybridized carbons (Fsp3) is 0.400. The molecule has 6 heteroatoms. The summed E-state index contributed by atoms with van der Waals surface area (Å²) in [5.41, 5.74) is 0. The van der Waals surface area contributed by atoms with Crippen molar-refractivity contribution in [1.29, 1.82) is 0 Å². The molecule has 11 heavy (non-hydrogen) atoms. The molecule has 0 amide bonds. The van der Waals surface area contributed by atoms with Crippen molar-refractivity contribution in [2.75, 3.05) is 14.1 Å². The van der Waals surface area contributed by atoms with E-state index in [1.165, 1.54) is 4.90 Å². The minimum Gasteiger partial charge on any atom is -0.353 e. The highest BCUT2D eigenvalue weighted by molar-refractivity contribution is 9.11. The summed E-state index contributed by atoms with van der Waals surface area (Å²) in [4.78, 5) is 5.23. The maximum atomic E-state index is 11.1. The normalized spacial score (nSPS) is 21.0. The van der Waals surface area contributed by atoms with Gasteiger partial charge in [0.25, 0.3) is 0 Å². The Morgan fingerprint density at radius 1 is 1.55 bits per heavy atom. The Morgan fingerprint density at radius 2 is 2.09 bits per heavy atom. The van der Waals surface area contributed by atoms with Crippen LogP contribution < -0.4 is 0 Å². The third-order valence-electron chi connectivity index (χ3n) is 1.09. The SMILES string of the molecule is CN(C)C1=NC(Br)=CS1(=O)=O. The van der Waals surface area contributed by atoms with Gasteiger partial charge in [0.1, 0.15) is 4.61 Å². The first kappa shape index (κ1) is 8.73. The molecule has 4 nitrogen and oxygen atoms in total. The molecule has 0 aromatic rings. The van der Waals surface area contributed by atoms with Gasteiger partial charge >= 0.3 is 0 Å². The largest absolute Gasteiger partial charge is 0.353 e. The lowest BCUT2D eigenvalue weighted by Crippen LogP contribution is -2.26. The molecule has 0 aromatic carbocycles. The topological polar surface area (TPSA) is 49.7 Å². The average Bonchev–Trinajstić information content (AvgIpc) is 2.04. The van der Waals surface area contributed by atoms with Crippen molar-refractivity contribution in [3.8, 4) is 0 Å². The number of aliphatic imine (C=N–C) groups is 1. The number of amidine groups is 1. The minimum atomic E-state index is -3.27. The Labute approximate surface area is 73.7 Å². The molecule has 0 bridgehead atoms. The van der Waals surface area contributed by atoms with Crippen molar-refractivity contribution < 1.29 is 8.42 Å². The van der Waals surface area contributed by atoms with Gasteiger partial charge in [-0.25, -0.2) is 13.4 Å². The second-order valence-corrected chi connectivity index (χ2v) is 4.78. The molecule has 0 fully saturated rings. The second kappa shape index (κ2) is 2.60. The van der Waals surface area contributed by atoms with Gasteiger partial charge in [0.15, 0.2) is 0 Å². The van der Waals surface area contributed by atoms with Crippen LogP contribution in [0.5, 0.6) is 0 Å². The van der Waals surface area contributed by atoms with Gasteiger partial charge in [-0.05, 0) is 15.9 Å². The number of sulfone groups is 1. The molecule has 0 saturated heterocycles. The van der Waals surface area contributed by atoms with Crippen LogP contribution in [0.15, 0.2) is 15.0 Å². The molecule has 0 atom stereocenters. The van der Waals surface area contributed by atoms with Crippen molar-refractivity contribution in [1.82, 2.24) is 4.90 Å². The molecule has 0 aromatic heterocycles. The molecule has 1 aliphatic heterocycles. The standard InChI is InChI=1S/C5H7BrN2O2S/c1-8(2)5-7-4(6)3-11(5,9)10/h3H,1-2H3. The minimum absolute atomic E-state index is 0.0735. The lowest BCUT2D eigenvalue weighted by atomic mass is 10.9. The third kappa shape index (κ3) is 1.62. The summed E-state index contributed by atoms with van der Waals surface area (Å²) in [7, 11) is 0.000972. The fourth-order valence-corrected chi connectivity index (χ4v) is 2.89. The smallest absolute Gasteiger partial charge is 0.235 e. The van der Waals surface area contributed by atoms with Crippen LogP contribution in [-0.2, 0) is 9.84 Å². The van der Waals surface area contributed by atoms with Crippen LogP contribution in [0.1, 0.15) is 0 Å².